The highest BCUT2D eigenvalue weighted by molar-refractivity contribution is 5.02. The van der Waals surface area contributed by atoms with Crippen LogP contribution < -0.4 is 10.9 Å². The molecule has 0 aliphatic rings. The highest BCUT2D eigenvalue weighted by Crippen LogP contribution is 1.99. The average Bonchev–Trinajstić information content (AvgIpc) is 2.18. The smallest absolute Gasteiger partial charge is 0.266 e. The topological polar surface area (TPSA) is 46.9 Å². The zero-order chi connectivity index (χ0) is 12.9. The van der Waals surface area contributed by atoms with Crippen molar-refractivity contribution in [3.05, 3.63) is 28.2 Å². The minimum Gasteiger partial charge on any atom is -0.312 e. The van der Waals surface area contributed by atoms with Crippen LogP contribution in [0.15, 0.2) is 17.1 Å². The van der Waals surface area contributed by atoms with Gasteiger partial charge in [0.15, 0.2) is 0 Å². The lowest BCUT2D eigenvalue weighted by atomic mass is 10.1. The normalized spacial score (nSPS) is 11.8. The Balaban J connectivity index is 2.29. The molecule has 4 heteroatoms. The maximum atomic E-state index is 11.5. The molecule has 4 nitrogen and oxygen atoms in total. The zero-order valence-electron chi connectivity index (χ0n) is 11.3. The van der Waals surface area contributed by atoms with Gasteiger partial charge in [-0.3, -0.25) is 4.79 Å². The molecule has 0 unspecified atom stereocenters. The van der Waals surface area contributed by atoms with Gasteiger partial charge in [0, 0.05) is 18.2 Å². The first kappa shape index (κ1) is 13.9. The molecule has 96 valence electrons. The fraction of sp³-hybridized carbons (Fsp3) is 0.692. The Kier molecular flexibility index (Phi) is 4.87. The summed E-state index contributed by atoms with van der Waals surface area (Å²) >= 11 is 0. The highest BCUT2D eigenvalue weighted by Gasteiger charge is 2.07. The maximum absolute atomic E-state index is 11.5. The van der Waals surface area contributed by atoms with Crippen LogP contribution in [0.1, 0.15) is 39.2 Å². The number of aromatic nitrogens is 2. The lowest BCUT2D eigenvalue weighted by molar-refractivity contribution is 0.410. The van der Waals surface area contributed by atoms with Crippen molar-refractivity contribution in [2.75, 3.05) is 6.54 Å². The van der Waals surface area contributed by atoms with Gasteiger partial charge in [0.1, 0.15) is 0 Å². The van der Waals surface area contributed by atoms with E-state index < -0.39 is 0 Å². The number of rotatable bonds is 5. The van der Waals surface area contributed by atoms with E-state index in [-0.39, 0.29) is 11.1 Å². The van der Waals surface area contributed by atoms with Gasteiger partial charge in [-0.15, -0.1) is 0 Å². The van der Waals surface area contributed by atoms with Crippen LogP contribution in [0.4, 0.5) is 0 Å². The standard InChI is InChI=1S/C13H23N3O/c1-11-9-12(17)16(15-10-11)8-6-5-7-14-13(2,3)4/h9-10,14H,5-8H2,1-4H3. The van der Waals surface area contributed by atoms with E-state index in [1.165, 1.54) is 4.68 Å². The van der Waals surface area contributed by atoms with Gasteiger partial charge in [0.2, 0.25) is 0 Å². The molecule has 0 fully saturated rings. The summed E-state index contributed by atoms with van der Waals surface area (Å²) in [6.45, 7) is 10.0. The van der Waals surface area contributed by atoms with Gasteiger partial charge in [0.05, 0.1) is 6.20 Å². The molecule has 1 heterocycles. The van der Waals surface area contributed by atoms with Gasteiger partial charge in [-0.1, -0.05) is 0 Å². The van der Waals surface area contributed by atoms with Gasteiger partial charge in [-0.25, -0.2) is 4.68 Å². The van der Waals surface area contributed by atoms with E-state index in [2.05, 4.69) is 31.2 Å². The van der Waals surface area contributed by atoms with E-state index in [4.69, 9.17) is 0 Å². The predicted octanol–water partition coefficient (Wildman–Crippen LogP) is 1.72. The summed E-state index contributed by atoms with van der Waals surface area (Å²) in [4.78, 5) is 11.5. The first-order chi connectivity index (χ1) is 7.88. The van der Waals surface area contributed by atoms with Gasteiger partial charge in [-0.05, 0) is 52.6 Å². The molecular formula is C13H23N3O. The van der Waals surface area contributed by atoms with E-state index in [1.54, 1.807) is 12.3 Å². The van der Waals surface area contributed by atoms with E-state index in [0.717, 1.165) is 24.9 Å². The fourth-order valence-electron chi connectivity index (χ4n) is 1.54. The van der Waals surface area contributed by atoms with Crippen molar-refractivity contribution in [3.63, 3.8) is 0 Å². The first-order valence-corrected chi connectivity index (χ1v) is 6.17. The number of aryl methyl sites for hydroxylation is 2. The molecule has 0 aliphatic heterocycles. The van der Waals surface area contributed by atoms with E-state index >= 15 is 0 Å². The Hall–Kier alpha value is -1.16. The molecule has 0 amide bonds. The van der Waals surface area contributed by atoms with E-state index in [9.17, 15) is 4.79 Å². The van der Waals surface area contributed by atoms with Crippen LogP contribution in [0, 0.1) is 6.92 Å². The summed E-state index contributed by atoms with van der Waals surface area (Å²) in [5.74, 6) is 0. The highest BCUT2D eigenvalue weighted by atomic mass is 16.1. The molecule has 0 saturated carbocycles. The lowest BCUT2D eigenvalue weighted by Crippen LogP contribution is -2.36. The summed E-state index contributed by atoms with van der Waals surface area (Å²) in [6, 6.07) is 1.63. The third kappa shape index (κ3) is 5.63. The van der Waals surface area contributed by atoms with Crippen molar-refractivity contribution in [1.82, 2.24) is 15.1 Å². The Morgan fingerprint density at radius 2 is 2.06 bits per heavy atom. The number of nitrogens with zero attached hydrogens (tertiary/aromatic N) is 2. The molecule has 0 aliphatic carbocycles. The number of hydrogen-bond acceptors (Lipinski definition) is 3. The summed E-state index contributed by atoms with van der Waals surface area (Å²) in [5, 5.41) is 7.53. The third-order valence-corrected chi connectivity index (χ3v) is 2.46. The molecule has 17 heavy (non-hydrogen) atoms. The van der Waals surface area contributed by atoms with Crippen LogP contribution in [0.2, 0.25) is 0 Å². The Bertz CT molecular complexity index is 404. The van der Waals surface area contributed by atoms with Crippen LogP contribution in [0.5, 0.6) is 0 Å². The van der Waals surface area contributed by atoms with Crippen molar-refractivity contribution in [1.29, 1.82) is 0 Å². The quantitative estimate of drug-likeness (QED) is 0.793. The van der Waals surface area contributed by atoms with E-state index in [1.807, 2.05) is 6.92 Å². The molecule has 0 aromatic carbocycles. The second kappa shape index (κ2) is 5.96. The molecule has 0 saturated heterocycles. The predicted molar refractivity (Wildman–Crippen MR) is 70.2 cm³/mol. The summed E-state index contributed by atoms with van der Waals surface area (Å²) in [7, 11) is 0. The molecular weight excluding hydrogens is 214 g/mol. The van der Waals surface area contributed by atoms with Crippen LogP contribution >= 0.6 is 0 Å². The molecule has 0 spiro atoms. The molecule has 0 bridgehead atoms. The lowest BCUT2D eigenvalue weighted by Gasteiger charge is -2.20. The molecule has 1 rings (SSSR count). The minimum atomic E-state index is -0.00576. The summed E-state index contributed by atoms with van der Waals surface area (Å²) in [5.41, 5.74) is 1.08. The van der Waals surface area contributed by atoms with Gasteiger partial charge < -0.3 is 5.32 Å². The Morgan fingerprint density at radius 3 is 2.65 bits per heavy atom. The van der Waals surface area contributed by atoms with Crippen LogP contribution in [-0.4, -0.2) is 21.9 Å². The summed E-state index contributed by atoms with van der Waals surface area (Å²) < 4.78 is 1.53. The van der Waals surface area contributed by atoms with Gasteiger partial charge in [-0.2, -0.15) is 5.10 Å². The van der Waals surface area contributed by atoms with Crippen molar-refractivity contribution in [3.8, 4) is 0 Å². The zero-order valence-corrected chi connectivity index (χ0v) is 11.3. The number of unbranched alkanes of at least 4 members (excludes halogenated alkanes) is 1. The monoisotopic (exact) mass is 237 g/mol. The van der Waals surface area contributed by atoms with Crippen molar-refractivity contribution in [2.45, 2.75) is 52.6 Å². The van der Waals surface area contributed by atoms with Crippen molar-refractivity contribution >= 4 is 0 Å². The molecule has 0 atom stereocenters. The Morgan fingerprint density at radius 1 is 1.35 bits per heavy atom. The maximum Gasteiger partial charge on any atom is 0.266 e. The Labute approximate surface area is 103 Å². The molecule has 1 aromatic rings. The SMILES string of the molecule is Cc1cnn(CCCCNC(C)(C)C)c(=O)c1. The largest absolute Gasteiger partial charge is 0.312 e. The first-order valence-electron chi connectivity index (χ1n) is 6.17. The van der Waals surface area contributed by atoms with Gasteiger partial charge >= 0.3 is 0 Å². The van der Waals surface area contributed by atoms with E-state index in [0.29, 0.717) is 6.54 Å². The van der Waals surface area contributed by atoms with Crippen LogP contribution in [0.25, 0.3) is 0 Å². The van der Waals surface area contributed by atoms with Gasteiger partial charge in [0.25, 0.3) is 5.56 Å². The van der Waals surface area contributed by atoms with Crippen LogP contribution in [-0.2, 0) is 6.54 Å². The second-order valence-corrected chi connectivity index (χ2v) is 5.48. The van der Waals surface area contributed by atoms with Crippen molar-refractivity contribution in [2.24, 2.45) is 0 Å². The van der Waals surface area contributed by atoms with Crippen molar-refractivity contribution < 1.29 is 0 Å². The molecule has 1 aromatic heterocycles. The summed E-state index contributed by atoms with van der Waals surface area (Å²) in [6.07, 6.45) is 3.76. The molecule has 0 radical (unpaired) electrons. The average molecular weight is 237 g/mol. The molecule has 1 N–H and O–H groups in total. The minimum absolute atomic E-state index is 0.00576. The third-order valence-electron chi connectivity index (χ3n) is 2.46. The van der Waals surface area contributed by atoms with Crippen LogP contribution in [0.3, 0.4) is 0 Å². The second-order valence-electron chi connectivity index (χ2n) is 5.48. The fourth-order valence-corrected chi connectivity index (χ4v) is 1.54. The number of nitrogens with one attached hydrogen (secondary N) is 1. The number of hydrogen-bond donors (Lipinski definition) is 1.